The minimum atomic E-state index is -0.303. The number of nitriles is 1. The third-order valence-electron chi connectivity index (χ3n) is 5.58. The zero-order chi connectivity index (χ0) is 21.2. The van der Waals surface area contributed by atoms with Gasteiger partial charge in [0, 0.05) is 5.56 Å². The van der Waals surface area contributed by atoms with E-state index in [0.717, 1.165) is 33.2 Å². The van der Waals surface area contributed by atoms with E-state index in [4.69, 9.17) is 15.2 Å². The van der Waals surface area contributed by atoms with Crippen LogP contribution in [0.2, 0.25) is 0 Å². The Labute approximate surface area is 180 Å². The monoisotopic (exact) mass is 404 g/mol. The highest BCUT2D eigenvalue weighted by molar-refractivity contribution is 5.90. The largest absolute Gasteiger partial charge is 0.489 e. The van der Waals surface area contributed by atoms with Crippen molar-refractivity contribution < 1.29 is 9.47 Å². The lowest BCUT2D eigenvalue weighted by molar-refractivity contribution is 0.306. The van der Waals surface area contributed by atoms with Crippen LogP contribution in [-0.2, 0) is 6.61 Å². The maximum absolute atomic E-state index is 9.86. The van der Waals surface area contributed by atoms with Gasteiger partial charge in [0.25, 0.3) is 0 Å². The molecule has 1 atom stereocenters. The molecule has 4 aromatic rings. The Balaban J connectivity index is 1.53. The summed E-state index contributed by atoms with van der Waals surface area (Å²) in [6.07, 6.45) is 0. The third-order valence-corrected chi connectivity index (χ3v) is 5.58. The summed E-state index contributed by atoms with van der Waals surface area (Å²) in [5.74, 6) is 1.31. The van der Waals surface area contributed by atoms with Crippen LogP contribution in [0.1, 0.15) is 22.6 Å². The van der Waals surface area contributed by atoms with E-state index in [1.807, 2.05) is 78.9 Å². The second kappa shape index (κ2) is 7.89. The number of hydrogen-bond donors (Lipinski definition) is 1. The summed E-state index contributed by atoms with van der Waals surface area (Å²) in [6, 6.07) is 32.2. The van der Waals surface area contributed by atoms with Gasteiger partial charge in [0.1, 0.15) is 29.7 Å². The van der Waals surface area contributed by atoms with E-state index >= 15 is 0 Å². The fraction of sp³-hybridized carbons (Fsp3) is 0.0741. The Hall–Kier alpha value is -4.23. The molecule has 0 fully saturated rings. The number of ether oxygens (including phenoxy) is 2. The average molecular weight is 404 g/mol. The molecule has 0 amide bonds. The van der Waals surface area contributed by atoms with Gasteiger partial charge in [-0.2, -0.15) is 5.26 Å². The van der Waals surface area contributed by atoms with E-state index in [-0.39, 0.29) is 11.8 Å². The molecule has 1 aliphatic heterocycles. The molecule has 0 unspecified atom stereocenters. The van der Waals surface area contributed by atoms with E-state index in [1.54, 1.807) is 0 Å². The number of nitrogens with two attached hydrogens (primary N) is 1. The van der Waals surface area contributed by atoms with E-state index in [0.29, 0.717) is 17.9 Å². The average Bonchev–Trinajstić information content (AvgIpc) is 2.82. The molecular weight excluding hydrogens is 384 g/mol. The van der Waals surface area contributed by atoms with E-state index < -0.39 is 0 Å². The molecule has 4 aromatic carbocycles. The number of benzene rings is 4. The molecule has 0 aromatic heterocycles. The Kier molecular flexibility index (Phi) is 4.78. The maximum atomic E-state index is 9.86. The molecule has 1 aliphatic rings. The third kappa shape index (κ3) is 3.47. The highest BCUT2D eigenvalue weighted by atomic mass is 16.5. The van der Waals surface area contributed by atoms with Crippen LogP contribution in [0.3, 0.4) is 0 Å². The fourth-order valence-electron chi connectivity index (χ4n) is 4.07. The number of allylic oxidation sites excluding steroid dienone is 1. The molecule has 4 heteroatoms. The SMILES string of the molecule is N#CC1=C(N)Oc2ccc3ccccc3c2[C@@H]1c1ccc(OCc2ccccc2)cc1. The van der Waals surface area contributed by atoms with E-state index in [1.165, 1.54) is 0 Å². The van der Waals surface area contributed by atoms with Gasteiger partial charge in [0.2, 0.25) is 5.88 Å². The minimum Gasteiger partial charge on any atom is -0.489 e. The van der Waals surface area contributed by atoms with Crippen molar-refractivity contribution >= 4 is 10.8 Å². The van der Waals surface area contributed by atoms with Crippen LogP contribution in [-0.4, -0.2) is 0 Å². The number of hydrogen-bond acceptors (Lipinski definition) is 4. The van der Waals surface area contributed by atoms with Gasteiger partial charge in [0.05, 0.1) is 5.92 Å². The molecule has 4 nitrogen and oxygen atoms in total. The lowest BCUT2D eigenvalue weighted by atomic mass is 9.81. The van der Waals surface area contributed by atoms with Gasteiger partial charge < -0.3 is 15.2 Å². The van der Waals surface area contributed by atoms with Gasteiger partial charge in [0.15, 0.2) is 0 Å². The first-order valence-corrected chi connectivity index (χ1v) is 10.1. The minimum absolute atomic E-state index is 0.152. The second-order valence-corrected chi connectivity index (χ2v) is 7.47. The smallest absolute Gasteiger partial charge is 0.205 e. The van der Waals surface area contributed by atoms with Crippen molar-refractivity contribution in [3.05, 3.63) is 119 Å². The maximum Gasteiger partial charge on any atom is 0.205 e. The van der Waals surface area contributed by atoms with E-state index in [2.05, 4.69) is 18.2 Å². The van der Waals surface area contributed by atoms with Gasteiger partial charge in [-0.05, 0) is 40.1 Å². The quantitative estimate of drug-likeness (QED) is 0.478. The topological polar surface area (TPSA) is 68.3 Å². The summed E-state index contributed by atoms with van der Waals surface area (Å²) >= 11 is 0. The summed E-state index contributed by atoms with van der Waals surface area (Å²) in [4.78, 5) is 0. The van der Waals surface area contributed by atoms with Crippen molar-refractivity contribution in [3.63, 3.8) is 0 Å². The second-order valence-electron chi connectivity index (χ2n) is 7.47. The first kappa shape index (κ1) is 18.8. The lowest BCUT2D eigenvalue weighted by Crippen LogP contribution is -2.21. The predicted molar refractivity (Wildman–Crippen MR) is 120 cm³/mol. The molecule has 31 heavy (non-hydrogen) atoms. The van der Waals surface area contributed by atoms with Crippen molar-refractivity contribution in [1.82, 2.24) is 0 Å². The van der Waals surface area contributed by atoms with Crippen LogP contribution in [0.15, 0.2) is 102 Å². The van der Waals surface area contributed by atoms with Crippen LogP contribution in [0.4, 0.5) is 0 Å². The fourth-order valence-corrected chi connectivity index (χ4v) is 4.07. The predicted octanol–water partition coefficient (Wildman–Crippen LogP) is 5.64. The highest BCUT2D eigenvalue weighted by Gasteiger charge is 2.32. The Morgan fingerprint density at radius 1 is 0.871 bits per heavy atom. The number of rotatable bonds is 4. The number of fused-ring (bicyclic) bond motifs is 3. The summed E-state index contributed by atoms with van der Waals surface area (Å²) in [6.45, 7) is 0.501. The highest BCUT2D eigenvalue weighted by Crippen LogP contribution is 2.45. The van der Waals surface area contributed by atoms with Crippen molar-refractivity contribution in [3.8, 4) is 17.6 Å². The van der Waals surface area contributed by atoms with Gasteiger partial charge in [-0.1, -0.05) is 72.8 Å². The van der Waals surface area contributed by atoms with E-state index in [9.17, 15) is 5.26 Å². The lowest BCUT2D eigenvalue weighted by Gasteiger charge is -2.28. The van der Waals surface area contributed by atoms with Gasteiger partial charge in [-0.25, -0.2) is 0 Å². The van der Waals surface area contributed by atoms with Crippen LogP contribution in [0, 0.1) is 11.3 Å². The Bertz CT molecular complexity index is 1320. The van der Waals surface area contributed by atoms with Crippen molar-refractivity contribution in [1.29, 1.82) is 5.26 Å². The molecule has 0 aliphatic carbocycles. The molecule has 2 N–H and O–H groups in total. The summed E-state index contributed by atoms with van der Waals surface area (Å²) in [5.41, 5.74) is 9.58. The molecule has 0 bridgehead atoms. The van der Waals surface area contributed by atoms with Crippen molar-refractivity contribution in [2.24, 2.45) is 5.73 Å². The molecule has 0 radical (unpaired) electrons. The van der Waals surface area contributed by atoms with Gasteiger partial charge in [-0.15, -0.1) is 0 Å². The van der Waals surface area contributed by atoms with Crippen LogP contribution < -0.4 is 15.2 Å². The van der Waals surface area contributed by atoms with Crippen molar-refractivity contribution in [2.75, 3.05) is 0 Å². The molecule has 5 rings (SSSR count). The van der Waals surface area contributed by atoms with Gasteiger partial charge in [-0.3, -0.25) is 0 Å². The summed E-state index contributed by atoms with van der Waals surface area (Å²) in [7, 11) is 0. The van der Waals surface area contributed by atoms with Crippen molar-refractivity contribution in [2.45, 2.75) is 12.5 Å². The zero-order valence-corrected chi connectivity index (χ0v) is 16.8. The first-order chi connectivity index (χ1) is 15.2. The first-order valence-electron chi connectivity index (χ1n) is 10.1. The Morgan fingerprint density at radius 2 is 1.61 bits per heavy atom. The summed E-state index contributed by atoms with van der Waals surface area (Å²) in [5, 5.41) is 12.0. The standard InChI is InChI=1S/C27H20N2O2/c28-16-23-25(20-10-13-21(14-11-20)30-17-18-6-2-1-3-7-18)26-22-9-5-4-8-19(22)12-15-24(26)31-27(23)29/h1-15,25H,17,29H2/t25-/m1/s1. The summed E-state index contributed by atoms with van der Waals surface area (Å²) < 4.78 is 11.7. The zero-order valence-electron chi connectivity index (χ0n) is 16.8. The molecule has 0 saturated heterocycles. The molecule has 0 saturated carbocycles. The Morgan fingerprint density at radius 3 is 2.39 bits per heavy atom. The normalized spacial score (nSPS) is 15.1. The number of nitrogens with zero attached hydrogens (tertiary/aromatic N) is 1. The van der Waals surface area contributed by atoms with Gasteiger partial charge >= 0.3 is 0 Å². The van der Waals surface area contributed by atoms with Crippen LogP contribution >= 0.6 is 0 Å². The van der Waals surface area contributed by atoms with Crippen LogP contribution in [0.25, 0.3) is 10.8 Å². The molecule has 1 heterocycles. The molecule has 150 valence electrons. The molecular formula is C27H20N2O2. The van der Waals surface area contributed by atoms with Crippen LogP contribution in [0.5, 0.6) is 11.5 Å². The molecule has 0 spiro atoms.